The third-order valence-electron chi connectivity index (χ3n) is 5.82. The molecule has 0 spiro atoms. The van der Waals surface area contributed by atoms with Crippen molar-refractivity contribution in [1.82, 2.24) is 0 Å². The molecule has 1 aliphatic carbocycles. The van der Waals surface area contributed by atoms with Gasteiger partial charge in [0.15, 0.2) is 0 Å². The van der Waals surface area contributed by atoms with E-state index in [0.29, 0.717) is 0 Å². The van der Waals surface area contributed by atoms with Crippen molar-refractivity contribution in [3.63, 3.8) is 0 Å². The molecule has 1 saturated carbocycles. The molecule has 20 heavy (non-hydrogen) atoms. The zero-order valence-electron chi connectivity index (χ0n) is 14.3. The average molecular weight is 280 g/mol. The first-order valence-electron chi connectivity index (χ1n) is 8.63. The van der Waals surface area contributed by atoms with Crippen molar-refractivity contribution in [3.8, 4) is 0 Å². The summed E-state index contributed by atoms with van der Waals surface area (Å²) < 4.78 is 12.7. The highest BCUT2D eigenvalue weighted by Crippen LogP contribution is 2.50. The normalized spacial score (nSPS) is 30.1. The summed E-state index contributed by atoms with van der Waals surface area (Å²) in [5.74, 6) is 0. The Morgan fingerprint density at radius 1 is 0.600 bits per heavy atom. The molecule has 2 rings (SSSR count). The van der Waals surface area contributed by atoms with E-state index in [0.717, 1.165) is 0 Å². The van der Waals surface area contributed by atoms with Crippen molar-refractivity contribution in [1.29, 1.82) is 0 Å². The van der Waals surface area contributed by atoms with Gasteiger partial charge in [-0.1, -0.05) is 51.9 Å². The summed E-state index contributed by atoms with van der Waals surface area (Å²) in [4.78, 5) is 0. The number of hydrogen-bond donors (Lipinski definition) is 0. The van der Waals surface area contributed by atoms with Gasteiger partial charge in [0, 0.05) is 5.31 Å². The van der Waals surface area contributed by atoms with Gasteiger partial charge >= 0.3 is 7.12 Å². The second kappa shape index (κ2) is 6.00. The maximum absolute atomic E-state index is 6.35. The summed E-state index contributed by atoms with van der Waals surface area (Å²) in [7, 11) is -0.0353. The third-order valence-corrected chi connectivity index (χ3v) is 5.82. The second-order valence-electron chi connectivity index (χ2n) is 8.22. The molecule has 0 bridgehead atoms. The Hall–Kier alpha value is -0.0151. The van der Waals surface area contributed by atoms with E-state index in [1.165, 1.54) is 57.8 Å². The van der Waals surface area contributed by atoms with Crippen molar-refractivity contribution in [2.24, 2.45) is 0 Å². The molecule has 0 radical (unpaired) electrons. The summed E-state index contributed by atoms with van der Waals surface area (Å²) >= 11 is 0. The van der Waals surface area contributed by atoms with Gasteiger partial charge in [0.05, 0.1) is 11.2 Å². The molecular formula is C17H33BO2. The number of hydrogen-bond acceptors (Lipinski definition) is 2. The van der Waals surface area contributed by atoms with Crippen molar-refractivity contribution in [2.45, 2.75) is 109 Å². The summed E-state index contributed by atoms with van der Waals surface area (Å²) in [6, 6.07) is 0. The molecule has 0 unspecified atom stereocenters. The minimum absolute atomic E-state index is 0.0353. The van der Waals surface area contributed by atoms with Crippen LogP contribution in [0.2, 0.25) is 5.31 Å². The molecule has 1 heterocycles. The van der Waals surface area contributed by atoms with Gasteiger partial charge < -0.3 is 9.31 Å². The lowest BCUT2D eigenvalue weighted by Gasteiger charge is -2.32. The molecule has 2 nitrogen and oxygen atoms in total. The van der Waals surface area contributed by atoms with Crippen LogP contribution in [0.4, 0.5) is 0 Å². The zero-order chi connectivity index (χ0) is 14.9. The van der Waals surface area contributed by atoms with E-state index in [1.54, 1.807) is 0 Å². The van der Waals surface area contributed by atoms with Gasteiger partial charge in [-0.25, -0.2) is 0 Å². The van der Waals surface area contributed by atoms with E-state index in [-0.39, 0.29) is 23.6 Å². The molecule has 0 amide bonds. The van der Waals surface area contributed by atoms with E-state index < -0.39 is 0 Å². The minimum atomic E-state index is -0.198. The maximum atomic E-state index is 6.35. The molecule has 3 heteroatoms. The van der Waals surface area contributed by atoms with Gasteiger partial charge in [-0.2, -0.15) is 0 Å². The molecule has 0 aromatic heterocycles. The average Bonchev–Trinajstić information content (AvgIpc) is 2.58. The summed E-state index contributed by atoms with van der Waals surface area (Å²) in [6.07, 6.45) is 12.1. The van der Waals surface area contributed by atoms with Crippen LogP contribution in [0.5, 0.6) is 0 Å². The molecule has 1 aliphatic heterocycles. The Morgan fingerprint density at radius 2 is 0.950 bits per heavy atom. The zero-order valence-corrected chi connectivity index (χ0v) is 14.3. The standard InChI is InChI=1S/C17H33BO2/c1-15(2)16(3,4)20-18(19-15)17(5)13-11-9-7-6-8-10-12-14-17/h6-14H2,1-5H3. The third kappa shape index (κ3) is 3.41. The van der Waals surface area contributed by atoms with Gasteiger partial charge in [-0.15, -0.1) is 0 Å². The van der Waals surface area contributed by atoms with E-state index in [1.807, 2.05) is 0 Å². The molecule has 0 aromatic rings. The first-order valence-corrected chi connectivity index (χ1v) is 8.63. The quantitative estimate of drug-likeness (QED) is 0.602. The molecule has 0 atom stereocenters. The van der Waals surface area contributed by atoms with Crippen LogP contribution in [-0.4, -0.2) is 18.3 Å². The van der Waals surface area contributed by atoms with Gasteiger partial charge in [-0.3, -0.25) is 0 Å². The van der Waals surface area contributed by atoms with Gasteiger partial charge in [-0.05, 0) is 40.5 Å². The summed E-state index contributed by atoms with van der Waals surface area (Å²) in [5.41, 5.74) is -0.397. The van der Waals surface area contributed by atoms with E-state index in [9.17, 15) is 0 Å². The first-order chi connectivity index (χ1) is 9.27. The fourth-order valence-corrected chi connectivity index (χ4v) is 3.43. The van der Waals surface area contributed by atoms with Crippen LogP contribution in [0, 0.1) is 0 Å². The van der Waals surface area contributed by atoms with Crippen LogP contribution in [0.3, 0.4) is 0 Å². The smallest absolute Gasteiger partial charge is 0.403 e. The first kappa shape index (κ1) is 16.4. The highest BCUT2D eigenvalue weighted by molar-refractivity contribution is 6.49. The SMILES string of the molecule is CC1(B2OC(C)(C)C(C)(C)O2)CCCCCCCCC1. The van der Waals surface area contributed by atoms with Crippen LogP contribution in [0.15, 0.2) is 0 Å². The van der Waals surface area contributed by atoms with E-state index in [4.69, 9.17) is 9.31 Å². The maximum Gasteiger partial charge on any atom is 0.464 e. The molecule has 2 fully saturated rings. The van der Waals surface area contributed by atoms with Crippen molar-refractivity contribution < 1.29 is 9.31 Å². The number of rotatable bonds is 1. The van der Waals surface area contributed by atoms with Crippen molar-refractivity contribution >= 4 is 7.12 Å². The van der Waals surface area contributed by atoms with Crippen molar-refractivity contribution in [3.05, 3.63) is 0 Å². The predicted molar refractivity (Wildman–Crippen MR) is 86.0 cm³/mol. The summed E-state index contributed by atoms with van der Waals surface area (Å²) in [5, 5.41) is 0.183. The molecule has 116 valence electrons. The lowest BCUT2D eigenvalue weighted by atomic mass is 9.54. The van der Waals surface area contributed by atoms with Crippen molar-refractivity contribution in [2.75, 3.05) is 0 Å². The van der Waals surface area contributed by atoms with Crippen LogP contribution >= 0.6 is 0 Å². The minimum Gasteiger partial charge on any atom is -0.403 e. The van der Waals surface area contributed by atoms with Crippen LogP contribution in [0.1, 0.15) is 92.4 Å². The van der Waals surface area contributed by atoms with Gasteiger partial charge in [0.1, 0.15) is 0 Å². The van der Waals surface area contributed by atoms with E-state index in [2.05, 4.69) is 34.6 Å². The Bertz CT molecular complexity index is 299. The van der Waals surface area contributed by atoms with Gasteiger partial charge in [0.2, 0.25) is 0 Å². The largest absolute Gasteiger partial charge is 0.464 e. The Labute approximate surface area is 126 Å². The molecule has 2 aliphatic rings. The second-order valence-corrected chi connectivity index (χ2v) is 8.22. The van der Waals surface area contributed by atoms with Gasteiger partial charge in [0.25, 0.3) is 0 Å². The highest BCUT2D eigenvalue weighted by atomic mass is 16.7. The molecular weight excluding hydrogens is 247 g/mol. The fraction of sp³-hybridized carbons (Fsp3) is 1.00. The Morgan fingerprint density at radius 3 is 1.35 bits per heavy atom. The lowest BCUT2D eigenvalue weighted by molar-refractivity contribution is 0.00578. The van der Waals surface area contributed by atoms with Crippen LogP contribution < -0.4 is 0 Å². The molecule has 0 N–H and O–H groups in total. The topological polar surface area (TPSA) is 18.5 Å². The Balaban J connectivity index is 2.07. The van der Waals surface area contributed by atoms with E-state index >= 15 is 0 Å². The monoisotopic (exact) mass is 280 g/mol. The Kier molecular flexibility index (Phi) is 4.91. The molecule has 0 aromatic carbocycles. The predicted octanol–water partition coefficient (Wildman–Crippen LogP) is 5.36. The summed E-state index contributed by atoms with van der Waals surface area (Å²) in [6.45, 7) is 11.0. The van der Waals surface area contributed by atoms with Crippen LogP contribution in [0.25, 0.3) is 0 Å². The fourth-order valence-electron chi connectivity index (χ4n) is 3.43. The lowest BCUT2D eigenvalue weighted by Crippen LogP contribution is -2.41. The van der Waals surface area contributed by atoms with Crippen LogP contribution in [-0.2, 0) is 9.31 Å². The molecule has 1 saturated heterocycles. The highest BCUT2D eigenvalue weighted by Gasteiger charge is 2.57.